The highest BCUT2D eigenvalue weighted by Gasteiger charge is 2.27. The van der Waals surface area contributed by atoms with Gasteiger partial charge in [-0.1, -0.05) is 18.2 Å². The Morgan fingerprint density at radius 2 is 2.20 bits per heavy atom. The molecule has 20 heavy (non-hydrogen) atoms. The van der Waals surface area contributed by atoms with Crippen LogP contribution in [-0.2, 0) is 0 Å². The van der Waals surface area contributed by atoms with E-state index >= 15 is 0 Å². The van der Waals surface area contributed by atoms with Crippen LogP contribution in [0.25, 0.3) is 10.9 Å². The van der Waals surface area contributed by atoms with E-state index in [4.69, 9.17) is 0 Å². The van der Waals surface area contributed by atoms with Crippen molar-refractivity contribution in [3.05, 3.63) is 30.0 Å². The number of benzene rings is 1. The number of carbonyl (C=O) groups is 1. The average molecular weight is 289 g/mol. The van der Waals surface area contributed by atoms with Crippen molar-refractivity contribution in [2.45, 2.75) is 13.0 Å². The number of fused-ring (bicyclic) bond motifs is 1. The molecule has 0 aliphatic carbocycles. The van der Waals surface area contributed by atoms with Gasteiger partial charge in [-0.2, -0.15) is 11.8 Å². The van der Waals surface area contributed by atoms with Crippen LogP contribution in [0.5, 0.6) is 0 Å². The van der Waals surface area contributed by atoms with Gasteiger partial charge in [-0.3, -0.25) is 0 Å². The van der Waals surface area contributed by atoms with Crippen LogP contribution in [-0.4, -0.2) is 45.4 Å². The number of rotatable bonds is 2. The highest BCUT2D eigenvalue weighted by molar-refractivity contribution is 7.99. The van der Waals surface area contributed by atoms with Crippen molar-refractivity contribution in [3.8, 4) is 0 Å². The first kappa shape index (κ1) is 13.2. The number of carboxylic acids is 1. The Bertz CT molecular complexity index is 662. The summed E-state index contributed by atoms with van der Waals surface area (Å²) in [5, 5.41) is 18.2. The summed E-state index contributed by atoms with van der Waals surface area (Å²) < 4.78 is 0. The number of hydrogen-bond donors (Lipinski definition) is 1. The number of thioether (sulfide) groups is 1. The van der Waals surface area contributed by atoms with E-state index in [2.05, 4.69) is 22.0 Å². The molecule has 1 saturated heterocycles. The van der Waals surface area contributed by atoms with Gasteiger partial charge in [0.25, 0.3) is 0 Å². The van der Waals surface area contributed by atoms with E-state index in [-0.39, 0.29) is 5.69 Å². The summed E-state index contributed by atoms with van der Waals surface area (Å²) in [4.78, 5) is 13.6. The molecule has 2 heterocycles. The fourth-order valence-corrected chi connectivity index (χ4v) is 3.55. The third kappa shape index (κ3) is 2.20. The van der Waals surface area contributed by atoms with Crippen molar-refractivity contribution in [1.82, 2.24) is 10.2 Å². The molecule has 1 aromatic heterocycles. The summed E-state index contributed by atoms with van der Waals surface area (Å²) in [6.45, 7) is 2.95. The van der Waals surface area contributed by atoms with Gasteiger partial charge in [-0.15, -0.1) is 10.2 Å². The molecule has 1 aromatic carbocycles. The Morgan fingerprint density at radius 3 is 2.95 bits per heavy atom. The third-order valence-electron chi connectivity index (χ3n) is 3.50. The second kappa shape index (κ2) is 5.28. The Labute approximate surface area is 121 Å². The zero-order valence-corrected chi connectivity index (χ0v) is 11.9. The normalized spacial score (nSPS) is 19.2. The number of anilines is 1. The lowest BCUT2D eigenvalue weighted by Gasteiger charge is -2.36. The minimum Gasteiger partial charge on any atom is -0.476 e. The molecule has 2 aromatic rings. The second-order valence-corrected chi connectivity index (χ2v) is 5.99. The molecule has 3 rings (SSSR count). The maximum Gasteiger partial charge on any atom is 0.358 e. The summed E-state index contributed by atoms with van der Waals surface area (Å²) in [7, 11) is 0. The molecule has 1 atom stereocenters. The highest BCUT2D eigenvalue weighted by atomic mass is 32.2. The van der Waals surface area contributed by atoms with Gasteiger partial charge >= 0.3 is 5.97 Å². The number of nitrogens with zero attached hydrogens (tertiary/aromatic N) is 3. The molecule has 0 saturated carbocycles. The number of carboxylic acid groups (broad SMARTS) is 1. The largest absolute Gasteiger partial charge is 0.476 e. The van der Waals surface area contributed by atoms with E-state index in [1.165, 1.54) is 0 Å². The van der Waals surface area contributed by atoms with Crippen molar-refractivity contribution in [2.75, 3.05) is 23.0 Å². The maximum atomic E-state index is 11.5. The van der Waals surface area contributed by atoms with Crippen LogP contribution < -0.4 is 4.90 Å². The quantitative estimate of drug-likeness (QED) is 0.915. The Morgan fingerprint density at radius 1 is 1.40 bits per heavy atom. The molecule has 6 heteroatoms. The third-order valence-corrected chi connectivity index (χ3v) is 4.69. The second-order valence-electron chi connectivity index (χ2n) is 4.84. The Kier molecular flexibility index (Phi) is 3.48. The van der Waals surface area contributed by atoms with Gasteiger partial charge in [-0.25, -0.2) is 4.79 Å². The smallest absolute Gasteiger partial charge is 0.358 e. The molecule has 104 valence electrons. The predicted molar refractivity (Wildman–Crippen MR) is 80.6 cm³/mol. The first-order valence-electron chi connectivity index (χ1n) is 6.51. The molecule has 0 amide bonds. The van der Waals surface area contributed by atoms with E-state index in [0.29, 0.717) is 11.7 Å². The first-order chi connectivity index (χ1) is 9.68. The summed E-state index contributed by atoms with van der Waals surface area (Å²) in [6, 6.07) is 7.86. The zero-order chi connectivity index (χ0) is 14.1. The minimum absolute atomic E-state index is 0.0439. The van der Waals surface area contributed by atoms with Crippen molar-refractivity contribution < 1.29 is 9.90 Å². The first-order valence-corrected chi connectivity index (χ1v) is 7.67. The summed E-state index contributed by atoms with van der Waals surface area (Å²) in [5.74, 6) is 0.971. The summed E-state index contributed by atoms with van der Waals surface area (Å²) in [6.07, 6.45) is 0. The van der Waals surface area contributed by atoms with Crippen LogP contribution in [0.3, 0.4) is 0 Å². The molecule has 1 aliphatic heterocycles. The molecular weight excluding hydrogens is 274 g/mol. The van der Waals surface area contributed by atoms with Gasteiger partial charge in [0, 0.05) is 29.5 Å². The van der Waals surface area contributed by atoms with Crippen molar-refractivity contribution in [2.24, 2.45) is 0 Å². The van der Waals surface area contributed by atoms with E-state index in [1.54, 1.807) is 0 Å². The fraction of sp³-hybridized carbons (Fsp3) is 0.357. The van der Waals surface area contributed by atoms with Crippen LogP contribution in [0, 0.1) is 0 Å². The minimum atomic E-state index is -1.02. The molecule has 0 radical (unpaired) electrons. The molecule has 0 bridgehead atoms. The Hall–Kier alpha value is -1.82. The number of hydrogen-bond acceptors (Lipinski definition) is 5. The van der Waals surface area contributed by atoms with Crippen molar-refractivity contribution in [1.29, 1.82) is 0 Å². The molecule has 1 fully saturated rings. The lowest BCUT2D eigenvalue weighted by Crippen LogP contribution is -2.41. The maximum absolute atomic E-state index is 11.5. The van der Waals surface area contributed by atoms with Gasteiger partial charge < -0.3 is 10.0 Å². The molecule has 5 nitrogen and oxygen atoms in total. The van der Waals surface area contributed by atoms with Gasteiger partial charge in [0.05, 0.1) is 11.2 Å². The van der Waals surface area contributed by atoms with E-state index < -0.39 is 5.97 Å². The van der Waals surface area contributed by atoms with Crippen LogP contribution in [0.2, 0.25) is 0 Å². The zero-order valence-electron chi connectivity index (χ0n) is 11.1. The van der Waals surface area contributed by atoms with Crippen molar-refractivity contribution >= 4 is 34.3 Å². The van der Waals surface area contributed by atoms with E-state index in [0.717, 1.165) is 29.0 Å². The SMILES string of the molecule is CC1CSCCN1c1c(C(=O)O)nnc2ccccc12. The fourth-order valence-electron chi connectivity index (χ4n) is 2.53. The monoisotopic (exact) mass is 289 g/mol. The molecule has 1 unspecified atom stereocenters. The average Bonchev–Trinajstić information content (AvgIpc) is 2.46. The van der Waals surface area contributed by atoms with Gasteiger partial charge in [-0.05, 0) is 13.0 Å². The number of aromatic nitrogens is 2. The highest BCUT2D eigenvalue weighted by Crippen LogP contribution is 2.32. The number of aromatic carboxylic acids is 1. The van der Waals surface area contributed by atoms with E-state index in [1.807, 2.05) is 36.0 Å². The Balaban J connectivity index is 2.24. The van der Waals surface area contributed by atoms with Crippen molar-refractivity contribution in [3.63, 3.8) is 0 Å². The van der Waals surface area contributed by atoms with Crippen LogP contribution in [0.15, 0.2) is 24.3 Å². The molecule has 1 N–H and O–H groups in total. The summed E-state index contributed by atoms with van der Waals surface area (Å²) >= 11 is 1.90. The van der Waals surface area contributed by atoms with Gasteiger partial charge in [0.15, 0.2) is 5.69 Å². The van der Waals surface area contributed by atoms with E-state index in [9.17, 15) is 9.90 Å². The lowest BCUT2D eigenvalue weighted by molar-refractivity contribution is 0.0690. The molecule has 1 aliphatic rings. The standard InChI is InChI=1S/C14H15N3O2S/c1-9-8-20-7-6-17(9)13-10-4-2-3-5-11(10)15-16-12(13)14(18)19/h2-5,9H,6-8H2,1H3,(H,18,19). The topological polar surface area (TPSA) is 66.3 Å². The molecule has 0 spiro atoms. The van der Waals surface area contributed by atoms with Crippen LogP contribution in [0.1, 0.15) is 17.4 Å². The van der Waals surface area contributed by atoms with Gasteiger partial charge in [0.1, 0.15) is 0 Å². The molecular formula is C14H15N3O2S. The van der Waals surface area contributed by atoms with Crippen LogP contribution >= 0.6 is 11.8 Å². The van der Waals surface area contributed by atoms with Crippen LogP contribution in [0.4, 0.5) is 5.69 Å². The van der Waals surface area contributed by atoms with Gasteiger partial charge in [0.2, 0.25) is 0 Å². The predicted octanol–water partition coefficient (Wildman–Crippen LogP) is 2.27. The summed E-state index contributed by atoms with van der Waals surface area (Å²) in [5.41, 5.74) is 1.48. The lowest BCUT2D eigenvalue weighted by atomic mass is 10.1.